The lowest BCUT2D eigenvalue weighted by Crippen LogP contribution is -2.16. The summed E-state index contributed by atoms with van der Waals surface area (Å²) < 4.78 is 0. The zero-order valence-electron chi connectivity index (χ0n) is 8.59. The van der Waals surface area contributed by atoms with Gasteiger partial charge in [0.15, 0.2) is 0 Å². The third-order valence-electron chi connectivity index (χ3n) is 1.68. The molecule has 0 aromatic carbocycles. The molecule has 0 rings (SSSR count). The van der Waals surface area contributed by atoms with Crippen LogP contribution >= 0.6 is 0 Å². The second kappa shape index (κ2) is 8.03. The van der Waals surface area contributed by atoms with Crippen molar-refractivity contribution in [1.82, 2.24) is 5.32 Å². The maximum absolute atomic E-state index is 8.88. The van der Waals surface area contributed by atoms with Crippen molar-refractivity contribution in [2.24, 2.45) is 0 Å². The Morgan fingerprint density at radius 3 is 2.64 bits per heavy atom. The molecule has 0 saturated heterocycles. The molecule has 0 spiro atoms. The van der Waals surface area contributed by atoms with E-state index in [1.165, 1.54) is 0 Å². The van der Waals surface area contributed by atoms with Gasteiger partial charge in [0.1, 0.15) is 0 Å². The number of nitriles is 1. The van der Waals surface area contributed by atoms with E-state index in [-0.39, 0.29) is 0 Å². The second-order valence-electron chi connectivity index (χ2n) is 2.63. The van der Waals surface area contributed by atoms with Crippen molar-refractivity contribution in [3.05, 3.63) is 48.6 Å². The first-order chi connectivity index (χ1) is 6.79. The summed E-state index contributed by atoms with van der Waals surface area (Å²) >= 11 is 0. The second-order valence-corrected chi connectivity index (χ2v) is 2.63. The van der Waals surface area contributed by atoms with Gasteiger partial charge in [-0.3, -0.25) is 0 Å². The molecule has 2 heteroatoms. The molecule has 0 aliphatic carbocycles. The van der Waals surface area contributed by atoms with Gasteiger partial charge in [-0.25, -0.2) is 0 Å². The summed E-state index contributed by atoms with van der Waals surface area (Å²) in [5.41, 5.74) is 1.54. The summed E-state index contributed by atoms with van der Waals surface area (Å²) in [7, 11) is 0. The highest BCUT2D eigenvalue weighted by molar-refractivity contribution is 5.43. The number of nitrogens with one attached hydrogen (secondary N) is 1. The van der Waals surface area contributed by atoms with Crippen LogP contribution in [-0.4, -0.2) is 13.1 Å². The van der Waals surface area contributed by atoms with Gasteiger partial charge >= 0.3 is 0 Å². The summed E-state index contributed by atoms with van der Waals surface area (Å²) in [6, 6.07) is 2.13. The van der Waals surface area contributed by atoms with E-state index >= 15 is 0 Å². The van der Waals surface area contributed by atoms with E-state index in [0.717, 1.165) is 12.1 Å². The minimum atomic E-state index is 0.626. The Morgan fingerprint density at radius 1 is 1.50 bits per heavy atom. The number of allylic oxidation sites excluding steroid dienone is 4. The van der Waals surface area contributed by atoms with Gasteiger partial charge < -0.3 is 5.32 Å². The first-order valence-electron chi connectivity index (χ1n) is 4.55. The molecule has 0 saturated carbocycles. The molecule has 2 nitrogen and oxygen atoms in total. The molecule has 0 aliphatic rings. The summed E-state index contributed by atoms with van der Waals surface area (Å²) in [6.45, 7) is 10.8. The summed E-state index contributed by atoms with van der Waals surface area (Å²) in [5, 5.41) is 12.0. The van der Waals surface area contributed by atoms with Gasteiger partial charge in [-0.05, 0) is 18.2 Å². The Kier molecular flexibility index (Phi) is 7.12. The van der Waals surface area contributed by atoms with E-state index in [9.17, 15) is 0 Å². The SMILES string of the molecule is C=C/C=C\C(C#N)=C(/C=C)CNCC. The van der Waals surface area contributed by atoms with Crippen LogP contribution in [0.15, 0.2) is 48.6 Å². The molecule has 14 heavy (non-hydrogen) atoms. The fraction of sp³-hybridized carbons (Fsp3) is 0.250. The topological polar surface area (TPSA) is 35.8 Å². The Hall–Kier alpha value is -1.59. The predicted octanol–water partition coefficient (Wildman–Crippen LogP) is 2.34. The predicted molar refractivity (Wildman–Crippen MR) is 60.7 cm³/mol. The van der Waals surface area contributed by atoms with Gasteiger partial charge in [0.25, 0.3) is 0 Å². The van der Waals surface area contributed by atoms with Gasteiger partial charge in [-0.1, -0.05) is 38.3 Å². The molecule has 0 unspecified atom stereocenters. The van der Waals surface area contributed by atoms with E-state index in [1.54, 1.807) is 24.3 Å². The number of rotatable bonds is 6. The van der Waals surface area contributed by atoms with Crippen LogP contribution in [0.4, 0.5) is 0 Å². The van der Waals surface area contributed by atoms with E-state index < -0.39 is 0 Å². The highest BCUT2D eigenvalue weighted by Crippen LogP contribution is 2.05. The average Bonchev–Trinajstić information content (AvgIpc) is 2.23. The average molecular weight is 188 g/mol. The van der Waals surface area contributed by atoms with Gasteiger partial charge in [-0.2, -0.15) is 5.26 Å². The van der Waals surface area contributed by atoms with Crippen molar-refractivity contribution in [1.29, 1.82) is 5.26 Å². The van der Waals surface area contributed by atoms with Gasteiger partial charge in [0, 0.05) is 6.54 Å². The minimum Gasteiger partial charge on any atom is -0.313 e. The van der Waals surface area contributed by atoms with E-state index in [2.05, 4.69) is 24.5 Å². The lowest BCUT2D eigenvalue weighted by Gasteiger charge is -2.03. The normalized spacial score (nSPS) is 12.0. The molecule has 0 amide bonds. The lowest BCUT2D eigenvalue weighted by atomic mass is 10.1. The van der Waals surface area contributed by atoms with Gasteiger partial charge in [0.2, 0.25) is 0 Å². The molecule has 0 atom stereocenters. The lowest BCUT2D eigenvalue weighted by molar-refractivity contribution is 0.783. The van der Waals surface area contributed by atoms with Crippen molar-refractivity contribution >= 4 is 0 Å². The van der Waals surface area contributed by atoms with Crippen LogP contribution in [0.3, 0.4) is 0 Å². The molecular weight excluding hydrogens is 172 g/mol. The summed E-state index contributed by atoms with van der Waals surface area (Å²) in [5.74, 6) is 0. The maximum atomic E-state index is 8.88. The Morgan fingerprint density at radius 2 is 2.21 bits per heavy atom. The third-order valence-corrected chi connectivity index (χ3v) is 1.68. The highest BCUT2D eigenvalue weighted by atomic mass is 14.8. The molecule has 1 N–H and O–H groups in total. The highest BCUT2D eigenvalue weighted by Gasteiger charge is 1.98. The first kappa shape index (κ1) is 12.4. The van der Waals surface area contributed by atoms with Crippen LogP contribution < -0.4 is 5.32 Å². The van der Waals surface area contributed by atoms with Crippen molar-refractivity contribution in [3.8, 4) is 6.07 Å². The largest absolute Gasteiger partial charge is 0.313 e. The Balaban J connectivity index is 4.74. The minimum absolute atomic E-state index is 0.626. The Bertz CT molecular complexity index is 290. The fourth-order valence-corrected chi connectivity index (χ4v) is 0.917. The molecule has 0 aliphatic heterocycles. The van der Waals surface area contributed by atoms with Crippen molar-refractivity contribution in [2.45, 2.75) is 6.92 Å². The standard InChI is InChI=1S/C12H16N2/c1-4-7-8-12(9-13)11(5-2)10-14-6-3/h4-5,7-8,14H,1-2,6,10H2,3H3/b8-7-,12-11-. The molecule has 0 fully saturated rings. The molecule has 0 aromatic rings. The first-order valence-corrected chi connectivity index (χ1v) is 4.55. The number of likely N-dealkylation sites (N-methyl/N-ethyl adjacent to an activating group) is 1. The van der Waals surface area contributed by atoms with Crippen LogP contribution in [0.2, 0.25) is 0 Å². The fourth-order valence-electron chi connectivity index (χ4n) is 0.917. The summed E-state index contributed by atoms with van der Waals surface area (Å²) in [6.07, 6.45) is 6.83. The van der Waals surface area contributed by atoms with Crippen molar-refractivity contribution in [2.75, 3.05) is 13.1 Å². The Labute approximate surface area is 85.9 Å². The van der Waals surface area contributed by atoms with Crippen LogP contribution in [0, 0.1) is 11.3 Å². The van der Waals surface area contributed by atoms with E-state index in [0.29, 0.717) is 12.1 Å². The zero-order chi connectivity index (χ0) is 10.8. The van der Waals surface area contributed by atoms with Crippen molar-refractivity contribution in [3.63, 3.8) is 0 Å². The van der Waals surface area contributed by atoms with Crippen LogP contribution in [0.1, 0.15) is 6.92 Å². The molecule has 0 aromatic heterocycles. The van der Waals surface area contributed by atoms with E-state index in [4.69, 9.17) is 5.26 Å². The number of hydrogen-bond acceptors (Lipinski definition) is 2. The molecule has 0 heterocycles. The van der Waals surface area contributed by atoms with Crippen LogP contribution in [0.25, 0.3) is 0 Å². The van der Waals surface area contributed by atoms with Crippen molar-refractivity contribution < 1.29 is 0 Å². The van der Waals surface area contributed by atoms with Gasteiger partial charge in [-0.15, -0.1) is 0 Å². The number of hydrogen-bond donors (Lipinski definition) is 1. The zero-order valence-corrected chi connectivity index (χ0v) is 8.59. The molecule has 0 bridgehead atoms. The summed E-state index contributed by atoms with van der Waals surface area (Å²) in [4.78, 5) is 0. The maximum Gasteiger partial charge on any atom is 0.0995 e. The van der Waals surface area contributed by atoms with Crippen LogP contribution in [-0.2, 0) is 0 Å². The van der Waals surface area contributed by atoms with E-state index in [1.807, 2.05) is 6.92 Å². The number of nitrogens with zero attached hydrogens (tertiary/aromatic N) is 1. The third kappa shape index (κ3) is 4.44. The molecule has 0 radical (unpaired) electrons. The molecule has 74 valence electrons. The van der Waals surface area contributed by atoms with Crippen LogP contribution in [0.5, 0.6) is 0 Å². The smallest absolute Gasteiger partial charge is 0.0995 e. The monoisotopic (exact) mass is 188 g/mol. The van der Waals surface area contributed by atoms with Gasteiger partial charge in [0.05, 0.1) is 11.6 Å². The molecular formula is C12H16N2. The quantitative estimate of drug-likeness (QED) is 0.513.